The van der Waals surface area contributed by atoms with E-state index in [1.165, 1.54) is 4.31 Å². The van der Waals surface area contributed by atoms with Gasteiger partial charge in [0.15, 0.2) is 5.96 Å². The maximum Gasteiger partial charge on any atom is 0.243 e. The summed E-state index contributed by atoms with van der Waals surface area (Å²) in [6.45, 7) is 8.33. The minimum atomic E-state index is -3.44. The molecule has 6 nitrogen and oxygen atoms in total. The number of aliphatic imine (C=N–C) groups is 1. The van der Waals surface area contributed by atoms with Crippen LogP contribution in [-0.2, 0) is 16.6 Å². The third kappa shape index (κ3) is 5.82. The Labute approximate surface area is 174 Å². The molecule has 1 aliphatic rings. The molecule has 1 saturated heterocycles. The number of guanidine groups is 1. The first-order valence-electron chi connectivity index (χ1n) is 8.83. The van der Waals surface area contributed by atoms with Gasteiger partial charge >= 0.3 is 0 Å². The summed E-state index contributed by atoms with van der Waals surface area (Å²) in [5.41, 5.74) is 7.03. The lowest BCUT2D eigenvalue weighted by molar-refractivity contribution is 0.277. The maximum atomic E-state index is 12.5. The van der Waals surface area contributed by atoms with E-state index in [9.17, 15) is 8.42 Å². The van der Waals surface area contributed by atoms with Gasteiger partial charge in [0.1, 0.15) is 0 Å². The Kier molecular flexibility index (Phi) is 8.81. The molecule has 8 heteroatoms. The van der Waals surface area contributed by atoms with E-state index < -0.39 is 10.0 Å². The Balaban J connectivity index is 0.00000338. The molecule has 0 amide bonds. The quantitative estimate of drug-likeness (QED) is 0.388. The van der Waals surface area contributed by atoms with Gasteiger partial charge in [-0.15, -0.1) is 24.0 Å². The summed E-state index contributed by atoms with van der Waals surface area (Å²) in [4.78, 5) is 6.88. The number of likely N-dealkylation sites (tertiary alicyclic amines) is 1. The van der Waals surface area contributed by atoms with Crippen molar-refractivity contribution < 1.29 is 8.42 Å². The fourth-order valence-corrected chi connectivity index (χ4v) is 4.09. The Morgan fingerprint density at radius 3 is 2.31 bits per heavy atom. The summed E-state index contributed by atoms with van der Waals surface area (Å²) in [6, 6.07) is 6.79. The summed E-state index contributed by atoms with van der Waals surface area (Å²) in [6.07, 6.45) is 2.29. The van der Waals surface area contributed by atoms with Gasteiger partial charge in [0, 0.05) is 26.2 Å². The average molecular weight is 494 g/mol. The molecule has 1 aliphatic heterocycles. The molecule has 0 bridgehead atoms. The zero-order chi connectivity index (χ0) is 18.6. The average Bonchev–Trinajstić information content (AvgIpc) is 2.59. The van der Waals surface area contributed by atoms with E-state index in [1.54, 1.807) is 31.3 Å². The van der Waals surface area contributed by atoms with Crippen molar-refractivity contribution in [3.63, 3.8) is 0 Å². The van der Waals surface area contributed by atoms with E-state index in [4.69, 9.17) is 5.73 Å². The fourth-order valence-electron chi connectivity index (χ4n) is 2.72. The normalized spacial score (nSPS) is 16.8. The second-order valence-corrected chi connectivity index (χ2v) is 9.10. The van der Waals surface area contributed by atoms with Gasteiger partial charge in [-0.25, -0.2) is 13.4 Å². The summed E-state index contributed by atoms with van der Waals surface area (Å²) in [5.74, 6) is 1.32. The lowest BCUT2D eigenvalue weighted by atomic mass is 10.00. The largest absolute Gasteiger partial charge is 0.370 e. The number of nitrogens with two attached hydrogens (primary N) is 1. The SMILES string of the molecule is CC1CCN(C(N)=NCc2ccc(S(=O)(=O)N(C)C(C)C)cc2)CC1.I. The van der Waals surface area contributed by atoms with Crippen molar-refractivity contribution in [1.29, 1.82) is 0 Å². The number of hydrogen-bond acceptors (Lipinski definition) is 3. The van der Waals surface area contributed by atoms with E-state index in [0.717, 1.165) is 37.4 Å². The zero-order valence-corrected chi connectivity index (χ0v) is 19.2. The van der Waals surface area contributed by atoms with E-state index in [0.29, 0.717) is 17.4 Å². The molecule has 1 aromatic rings. The maximum absolute atomic E-state index is 12.5. The number of piperidine rings is 1. The van der Waals surface area contributed by atoms with Gasteiger partial charge in [-0.3, -0.25) is 0 Å². The van der Waals surface area contributed by atoms with Crippen molar-refractivity contribution in [2.45, 2.75) is 51.1 Å². The molecular weight excluding hydrogens is 463 g/mol. The fraction of sp³-hybridized carbons (Fsp3) is 0.611. The van der Waals surface area contributed by atoms with Crippen LogP contribution in [0.4, 0.5) is 0 Å². The van der Waals surface area contributed by atoms with Crippen LogP contribution in [0.15, 0.2) is 34.2 Å². The summed E-state index contributed by atoms with van der Waals surface area (Å²) in [7, 11) is -1.85. The van der Waals surface area contributed by atoms with Gasteiger partial charge in [0.05, 0.1) is 11.4 Å². The Morgan fingerprint density at radius 1 is 1.27 bits per heavy atom. The minimum Gasteiger partial charge on any atom is -0.370 e. The van der Waals surface area contributed by atoms with E-state index in [2.05, 4.69) is 16.8 Å². The number of nitrogens with zero attached hydrogens (tertiary/aromatic N) is 3. The molecule has 148 valence electrons. The molecule has 0 unspecified atom stereocenters. The Bertz CT molecular complexity index is 696. The van der Waals surface area contributed by atoms with Crippen LogP contribution in [0.3, 0.4) is 0 Å². The highest BCUT2D eigenvalue weighted by molar-refractivity contribution is 14.0. The molecule has 1 fully saturated rings. The molecule has 0 aliphatic carbocycles. The molecular formula is C18H31IN4O2S. The predicted molar refractivity (Wildman–Crippen MR) is 117 cm³/mol. The highest BCUT2D eigenvalue weighted by atomic mass is 127. The molecule has 0 radical (unpaired) electrons. The first-order chi connectivity index (χ1) is 11.7. The second-order valence-electron chi connectivity index (χ2n) is 7.10. The Hall–Kier alpha value is -0.870. The van der Waals surface area contributed by atoms with Crippen LogP contribution in [0.1, 0.15) is 39.2 Å². The van der Waals surface area contributed by atoms with Gasteiger partial charge in [-0.1, -0.05) is 19.1 Å². The van der Waals surface area contributed by atoms with Crippen molar-refractivity contribution in [3.05, 3.63) is 29.8 Å². The number of halogens is 1. The molecule has 2 N–H and O–H groups in total. The number of benzene rings is 1. The van der Waals surface area contributed by atoms with Crippen LogP contribution < -0.4 is 5.73 Å². The van der Waals surface area contributed by atoms with Gasteiger partial charge < -0.3 is 10.6 Å². The van der Waals surface area contributed by atoms with Crippen LogP contribution >= 0.6 is 24.0 Å². The monoisotopic (exact) mass is 494 g/mol. The second kappa shape index (κ2) is 9.89. The van der Waals surface area contributed by atoms with Gasteiger partial charge in [0.25, 0.3) is 0 Å². The summed E-state index contributed by atoms with van der Waals surface area (Å²) < 4.78 is 26.3. The molecule has 1 heterocycles. The molecule has 1 aromatic carbocycles. The molecule has 26 heavy (non-hydrogen) atoms. The van der Waals surface area contributed by atoms with Crippen LogP contribution in [-0.4, -0.2) is 49.8 Å². The lowest BCUT2D eigenvalue weighted by Gasteiger charge is -2.31. The van der Waals surface area contributed by atoms with Crippen LogP contribution in [0.5, 0.6) is 0 Å². The number of rotatable bonds is 5. The summed E-state index contributed by atoms with van der Waals surface area (Å²) in [5, 5.41) is 0. The molecule has 0 aromatic heterocycles. The highest BCUT2D eigenvalue weighted by Crippen LogP contribution is 2.18. The molecule has 0 atom stereocenters. The van der Waals surface area contributed by atoms with Crippen molar-refractivity contribution in [1.82, 2.24) is 9.21 Å². The third-order valence-corrected chi connectivity index (χ3v) is 6.91. The smallest absolute Gasteiger partial charge is 0.243 e. The number of sulfonamides is 1. The van der Waals surface area contributed by atoms with Crippen molar-refractivity contribution in [3.8, 4) is 0 Å². The Morgan fingerprint density at radius 2 is 1.81 bits per heavy atom. The highest BCUT2D eigenvalue weighted by Gasteiger charge is 2.22. The van der Waals surface area contributed by atoms with E-state index in [-0.39, 0.29) is 30.0 Å². The van der Waals surface area contributed by atoms with E-state index >= 15 is 0 Å². The van der Waals surface area contributed by atoms with Gasteiger partial charge in [-0.2, -0.15) is 4.31 Å². The first kappa shape index (κ1) is 23.2. The van der Waals surface area contributed by atoms with Crippen LogP contribution in [0.25, 0.3) is 0 Å². The predicted octanol–water partition coefficient (Wildman–Crippen LogP) is 2.88. The molecule has 0 spiro atoms. The third-order valence-electron chi connectivity index (χ3n) is 4.86. The van der Waals surface area contributed by atoms with Crippen molar-refractivity contribution >= 4 is 40.0 Å². The number of hydrogen-bond donors (Lipinski definition) is 1. The minimum absolute atomic E-state index is 0. The molecule has 0 saturated carbocycles. The lowest BCUT2D eigenvalue weighted by Crippen LogP contribution is -2.42. The molecule has 2 rings (SSSR count). The first-order valence-corrected chi connectivity index (χ1v) is 10.3. The van der Waals surface area contributed by atoms with Crippen LogP contribution in [0.2, 0.25) is 0 Å². The van der Waals surface area contributed by atoms with Crippen molar-refractivity contribution in [2.75, 3.05) is 20.1 Å². The van der Waals surface area contributed by atoms with Crippen molar-refractivity contribution in [2.24, 2.45) is 16.6 Å². The zero-order valence-electron chi connectivity index (χ0n) is 16.1. The standard InChI is InChI=1S/C18H30N4O2S.HI/c1-14(2)21(4)25(23,24)17-7-5-16(6-8-17)13-20-18(19)22-11-9-15(3)10-12-22;/h5-8,14-15H,9-13H2,1-4H3,(H2,19,20);1H. The summed E-state index contributed by atoms with van der Waals surface area (Å²) >= 11 is 0. The van der Waals surface area contributed by atoms with Crippen LogP contribution in [0, 0.1) is 5.92 Å². The van der Waals surface area contributed by atoms with Gasteiger partial charge in [0.2, 0.25) is 10.0 Å². The van der Waals surface area contributed by atoms with E-state index in [1.807, 2.05) is 13.8 Å². The topological polar surface area (TPSA) is 79.0 Å². The van der Waals surface area contributed by atoms with Gasteiger partial charge in [-0.05, 0) is 50.3 Å².